The van der Waals surface area contributed by atoms with Crippen LogP contribution in [-0.4, -0.2) is 19.0 Å². The van der Waals surface area contributed by atoms with Crippen LogP contribution in [0.25, 0.3) is 0 Å². The lowest BCUT2D eigenvalue weighted by Gasteiger charge is -2.28. The van der Waals surface area contributed by atoms with Gasteiger partial charge in [-0.1, -0.05) is 17.7 Å². The quantitative estimate of drug-likeness (QED) is 0.612. The van der Waals surface area contributed by atoms with Crippen molar-refractivity contribution in [3.8, 4) is 0 Å². The molecule has 1 aromatic rings. The van der Waals surface area contributed by atoms with Crippen LogP contribution >= 0.6 is 22.2 Å². The van der Waals surface area contributed by atoms with Gasteiger partial charge in [0.25, 0.3) is 7.42 Å². The zero-order chi connectivity index (χ0) is 12.3. The number of benzene rings is 1. The standard InChI is InChI=1S/C11H14Cl2NOSi/c1-8-4-6-11(7-5-8)14(9(2)15)10(3)16(12)13/h4-7,10H,1-3H3. The summed E-state index contributed by atoms with van der Waals surface area (Å²) in [5.74, 6) is -0.0415. The minimum Gasteiger partial charge on any atom is -0.310 e. The Kier molecular flexibility index (Phi) is 4.83. The van der Waals surface area contributed by atoms with E-state index in [2.05, 4.69) is 0 Å². The molecule has 2 nitrogen and oxygen atoms in total. The zero-order valence-electron chi connectivity index (χ0n) is 9.50. The Morgan fingerprint density at radius 1 is 1.31 bits per heavy atom. The molecule has 0 fully saturated rings. The fourth-order valence-corrected chi connectivity index (χ4v) is 2.59. The second-order valence-electron chi connectivity index (χ2n) is 3.69. The third-order valence-electron chi connectivity index (χ3n) is 2.35. The fraction of sp³-hybridized carbons (Fsp3) is 0.364. The number of carbonyl (C=O) groups excluding carboxylic acids is 1. The van der Waals surface area contributed by atoms with Gasteiger partial charge in [-0.3, -0.25) is 4.79 Å². The average molecular weight is 275 g/mol. The molecule has 0 aromatic heterocycles. The van der Waals surface area contributed by atoms with Crippen molar-refractivity contribution >= 4 is 41.2 Å². The highest BCUT2D eigenvalue weighted by atomic mass is 35.7. The number of halogens is 2. The van der Waals surface area contributed by atoms with Gasteiger partial charge in [0.1, 0.15) is 0 Å². The fourth-order valence-electron chi connectivity index (χ4n) is 1.48. The van der Waals surface area contributed by atoms with Gasteiger partial charge in [0.2, 0.25) is 5.91 Å². The number of aryl methyl sites for hydroxylation is 1. The van der Waals surface area contributed by atoms with E-state index >= 15 is 0 Å². The lowest BCUT2D eigenvalue weighted by Crippen LogP contribution is -2.42. The topological polar surface area (TPSA) is 20.3 Å². The molecular formula is C11H14Cl2NOSi. The minimum atomic E-state index is -1.56. The van der Waals surface area contributed by atoms with Gasteiger partial charge in [-0.2, -0.15) is 0 Å². The molecule has 0 aliphatic heterocycles. The molecule has 1 rings (SSSR count). The van der Waals surface area contributed by atoms with Crippen molar-refractivity contribution in [1.29, 1.82) is 0 Å². The van der Waals surface area contributed by atoms with Gasteiger partial charge in [-0.15, -0.1) is 22.2 Å². The van der Waals surface area contributed by atoms with Crippen molar-refractivity contribution in [2.45, 2.75) is 26.4 Å². The van der Waals surface area contributed by atoms with E-state index in [9.17, 15) is 4.79 Å². The lowest BCUT2D eigenvalue weighted by atomic mass is 10.2. The van der Waals surface area contributed by atoms with Gasteiger partial charge in [0.15, 0.2) is 0 Å². The molecule has 1 atom stereocenters. The first kappa shape index (κ1) is 13.6. The second kappa shape index (κ2) is 5.71. The Morgan fingerprint density at radius 2 is 1.81 bits per heavy atom. The first-order valence-electron chi connectivity index (χ1n) is 4.97. The van der Waals surface area contributed by atoms with E-state index in [1.807, 2.05) is 38.1 Å². The molecule has 0 bridgehead atoms. The number of hydrogen-bond donors (Lipinski definition) is 0. The molecule has 0 saturated heterocycles. The normalized spacial score (nSPS) is 12.6. The smallest absolute Gasteiger partial charge is 0.297 e. The molecule has 87 valence electrons. The van der Waals surface area contributed by atoms with Crippen LogP contribution in [-0.2, 0) is 4.79 Å². The molecule has 0 saturated carbocycles. The molecule has 1 unspecified atom stereocenters. The first-order chi connectivity index (χ1) is 7.43. The predicted octanol–water partition coefficient (Wildman–Crippen LogP) is 3.24. The Hall–Kier alpha value is -0.513. The number of hydrogen-bond acceptors (Lipinski definition) is 1. The van der Waals surface area contributed by atoms with Crippen molar-refractivity contribution in [2.75, 3.05) is 4.90 Å². The van der Waals surface area contributed by atoms with Crippen LogP contribution < -0.4 is 4.90 Å². The Balaban J connectivity index is 3.03. The Morgan fingerprint density at radius 3 is 2.19 bits per heavy atom. The molecule has 1 amide bonds. The summed E-state index contributed by atoms with van der Waals surface area (Å²) in [5.41, 5.74) is 1.85. The Bertz CT molecular complexity index is 367. The largest absolute Gasteiger partial charge is 0.310 e. The third-order valence-corrected chi connectivity index (χ3v) is 5.14. The Labute approximate surface area is 107 Å². The third kappa shape index (κ3) is 3.24. The van der Waals surface area contributed by atoms with Crippen molar-refractivity contribution < 1.29 is 4.79 Å². The molecule has 5 heteroatoms. The van der Waals surface area contributed by atoms with Crippen LogP contribution in [0.15, 0.2) is 24.3 Å². The molecule has 0 spiro atoms. The van der Waals surface area contributed by atoms with Crippen LogP contribution in [0.1, 0.15) is 19.4 Å². The van der Waals surface area contributed by atoms with E-state index in [4.69, 9.17) is 22.2 Å². The summed E-state index contributed by atoms with van der Waals surface area (Å²) in [6, 6.07) is 7.75. The molecule has 0 heterocycles. The van der Waals surface area contributed by atoms with Crippen LogP contribution in [0.5, 0.6) is 0 Å². The lowest BCUT2D eigenvalue weighted by molar-refractivity contribution is -0.116. The van der Waals surface area contributed by atoms with Gasteiger partial charge in [-0.05, 0) is 26.0 Å². The average Bonchev–Trinajstić information content (AvgIpc) is 2.20. The molecule has 1 aromatic carbocycles. The van der Waals surface area contributed by atoms with E-state index in [1.54, 1.807) is 4.90 Å². The second-order valence-corrected chi connectivity index (χ2v) is 8.13. The summed E-state index contributed by atoms with van der Waals surface area (Å²) in [7, 11) is -1.56. The zero-order valence-corrected chi connectivity index (χ0v) is 12.0. The van der Waals surface area contributed by atoms with Crippen molar-refractivity contribution in [3.05, 3.63) is 29.8 Å². The van der Waals surface area contributed by atoms with E-state index in [0.29, 0.717) is 0 Å². The number of nitrogens with zero attached hydrogens (tertiary/aromatic N) is 1. The maximum atomic E-state index is 11.6. The van der Waals surface area contributed by atoms with E-state index in [1.165, 1.54) is 6.92 Å². The minimum absolute atomic E-state index is 0.0415. The van der Waals surface area contributed by atoms with Crippen molar-refractivity contribution in [2.24, 2.45) is 0 Å². The van der Waals surface area contributed by atoms with Crippen molar-refractivity contribution in [1.82, 2.24) is 0 Å². The summed E-state index contributed by atoms with van der Waals surface area (Å²) in [4.78, 5) is 13.2. The van der Waals surface area contributed by atoms with Gasteiger partial charge in [-0.25, -0.2) is 0 Å². The highest BCUT2D eigenvalue weighted by Gasteiger charge is 2.26. The van der Waals surface area contributed by atoms with Crippen LogP contribution in [0.3, 0.4) is 0 Å². The maximum Gasteiger partial charge on any atom is 0.297 e. The van der Waals surface area contributed by atoms with E-state index in [0.717, 1.165) is 11.3 Å². The summed E-state index contributed by atoms with van der Waals surface area (Å²) in [6.07, 6.45) is 0. The van der Waals surface area contributed by atoms with Crippen LogP contribution in [0.4, 0.5) is 5.69 Å². The highest BCUT2D eigenvalue weighted by molar-refractivity contribution is 7.34. The summed E-state index contributed by atoms with van der Waals surface area (Å²) < 4.78 is 0. The number of carbonyl (C=O) groups is 1. The van der Waals surface area contributed by atoms with Crippen LogP contribution in [0, 0.1) is 6.92 Å². The molecule has 1 radical (unpaired) electrons. The summed E-state index contributed by atoms with van der Waals surface area (Å²) in [5, 5.41) is 0. The predicted molar refractivity (Wildman–Crippen MR) is 71.3 cm³/mol. The first-order valence-corrected chi connectivity index (χ1v) is 8.58. The monoisotopic (exact) mass is 274 g/mol. The van der Waals surface area contributed by atoms with Crippen molar-refractivity contribution in [3.63, 3.8) is 0 Å². The molecular weight excluding hydrogens is 261 g/mol. The van der Waals surface area contributed by atoms with E-state index < -0.39 is 7.42 Å². The highest BCUT2D eigenvalue weighted by Crippen LogP contribution is 2.21. The molecule has 0 N–H and O–H groups in total. The summed E-state index contributed by atoms with van der Waals surface area (Å²) in [6.45, 7) is 5.40. The SMILES string of the molecule is CC(=O)N(c1ccc(C)cc1)C(C)[Si](Cl)Cl. The van der Waals surface area contributed by atoms with Crippen LogP contribution in [0.2, 0.25) is 0 Å². The van der Waals surface area contributed by atoms with E-state index in [-0.39, 0.29) is 11.6 Å². The maximum absolute atomic E-state index is 11.6. The van der Waals surface area contributed by atoms with Gasteiger partial charge >= 0.3 is 0 Å². The van der Waals surface area contributed by atoms with Gasteiger partial charge < -0.3 is 4.90 Å². The number of anilines is 1. The number of amides is 1. The molecule has 0 aliphatic rings. The number of rotatable bonds is 3. The molecule has 16 heavy (non-hydrogen) atoms. The van der Waals surface area contributed by atoms with Gasteiger partial charge in [0, 0.05) is 12.6 Å². The van der Waals surface area contributed by atoms with Gasteiger partial charge in [0.05, 0.1) is 5.67 Å². The summed E-state index contributed by atoms with van der Waals surface area (Å²) >= 11 is 11.8. The molecule has 0 aliphatic carbocycles.